The van der Waals surface area contributed by atoms with Gasteiger partial charge in [0.1, 0.15) is 36.6 Å². The van der Waals surface area contributed by atoms with E-state index in [2.05, 4.69) is 0 Å². The average Bonchev–Trinajstić information content (AvgIpc) is 2.50. The molecule has 9 heteroatoms. The van der Waals surface area contributed by atoms with Crippen molar-refractivity contribution in [3.05, 3.63) is 0 Å². The number of ether oxygens (including phenoxy) is 4. The van der Waals surface area contributed by atoms with Crippen molar-refractivity contribution in [2.24, 2.45) is 0 Å². The zero-order valence-electron chi connectivity index (χ0n) is 12.6. The minimum absolute atomic E-state index is 0.664. The Bertz CT molecular complexity index is 365. The van der Waals surface area contributed by atoms with Crippen molar-refractivity contribution in [3.8, 4) is 0 Å². The summed E-state index contributed by atoms with van der Waals surface area (Å²) in [5, 5.41) is 49.3. The standard InChI is InChI=1S/C13H24O9/c1-4-6(14)8(16)10(18)12(20-4)22-11-9(17)7(15)5(2)21-13(11)19-3/h4-18H,1-3H3/t4-,5-,6-,7-,8-,9-,10+,11+,12+,13-/m0/s1. The first-order valence-corrected chi connectivity index (χ1v) is 7.17. The van der Waals surface area contributed by atoms with Crippen LogP contribution in [0.4, 0.5) is 0 Å². The van der Waals surface area contributed by atoms with E-state index in [1.54, 1.807) is 6.92 Å². The monoisotopic (exact) mass is 324 g/mol. The number of hydrogen-bond donors (Lipinski definition) is 5. The van der Waals surface area contributed by atoms with Gasteiger partial charge in [0.25, 0.3) is 0 Å². The molecule has 5 N–H and O–H groups in total. The molecule has 2 aliphatic rings. The fourth-order valence-corrected chi connectivity index (χ4v) is 2.62. The van der Waals surface area contributed by atoms with Gasteiger partial charge < -0.3 is 44.5 Å². The van der Waals surface area contributed by atoms with Crippen LogP contribution in [0.1, 0.15) is 13.8 Å². The van der Waals surface area contributed by atoms with Crippen LogP contribution >= 0.6 is 0 Å². The molecule has 2 rings (SSSR count). The Labute approximate surface area is 128 Å². The van der Waals surface area contributed by atoms with Crippen LogP contribution in [0, 0.1) is 0 Å². The molecule has 2 fully saturated rings. The molecule has 0 bridgehead atoms. The van der Waals surface area contributed by atoms with E-state index in [9.17, 15) is 25.5 Å². The van der Waals surface area contributed by atoms with E-state index in [0.717, 1.165) is 0 Å². The van der Waals surface area contributed by atoms with Gasteiger partial charge in [-0.25, -0.2) is 0 Å². The molecule has 2 saturated heterocycles. The van der Waals surface area contributed by atoms with E-state index in [-0.39, 0.29) is 0 Å². The Kier molecular flexibility index (Phi) is 5.75. The lowest BCUT2D eigenvalue weighted by molar-refractivity contribution is -0.359. The third kappa shape index (κ3) is 3.28. The molecule has 9 nitrogen and oxygen atoms in total. The van der Waals surface area contributed by atoms with E-state index in [1.807, 2.05) is 0 Å². The molecule has 10 atom stereocenters. The molecule has 2 heterocycles. The molecule has 0 radical (unpaired) electrons. The van der Waals surface area contributed by atoms with Crippen LogP contribution in [0.3, 0.4) is 0 Å². The Morgan fingerprint density at radius 2 is 1.18 bits per heavy atom. The molecule has 0 aromatic rings. The van der Waals surface area contributed by atoms with Gasteiger partial charge in [0.15, 0.2) is 12.6 Å². The van der Waals surface area contributed by atoms with Crippen LogP contribution in [-0.2, 0) is 18.9 Å². The second-order valence-electron chi connectivity index (χ2n) is 5.71. The average molecular weight is 324 g/mol. The maximum Gasteiger partial charge on any atom is 0.187 e. The predicted molar refractivity (Wildman–Crippen MR) is 70.6 cm³/mol. The summed E-state index contributed by atoms with van der Waals surface area (Å²) in [6, 6.07) is 0. The fraction of sp³-hybridized carbons (Fsp3) is 1.00. The summed E-state index contributed by atoms with van der Waals surface area (Å²) in [4.78, 5) is 0. The SMILES string of the molecule is CO[C@H]1O[C@@H](C)[C@H](O)[C@H](O)[C@H]1O[C@H]1O[C@@H](C)[C@H](O)[C@H](O)[C@H]1O. The normalized spacial score (nSPS) is 53.5. The molecule has 0 amide bonds. The topological polar surface area (TPSA) is 138 Å². The van der Waals surface area contributed by atoms with E-state index in [0.29, 0.717) is 0 Å². The van der Waals surface area contributed by atoms with Crippen LogP contribution in [0.2, 0.25) is 0 Å². The maximum absolute atomic E-state index is 10.1. The van der Waals surface area contributed by atoms with Gasteiger partial charge in [-0.1, -0.05) is 0 Å². The summed E-state index contributed by atoms with van der Waals surface area (Å²) in [6.07, 6.45) is -11.6. The summed E-state index contributed by atoms with van der Waals surface area (Å²) in [5.74, 6) is 0. The largest absolute Gasteiger partial charge is 0.388 e. The first kappa shape index (κ1) is 18.0. The number of rotatable bonds is 3. The lowest BCUT2D eigenvalue weighted by Crippen LogP contribution is -2.63. The van der Waals surface area contributed by atoms with Crippen molar-refractivity contribution in [1.82, 2.24) is 0 Å². The molecule has 0 aromatic carbocycles. The molecule has 0 aromatic heterocycles. The zero-order chi connectivity index (χ0) is 16.6. The first-order chi connectivity index (χ1) is 10.3. The minimum atomic E-state index is -1.52. The molecule has 0 aliphatic carbocycles. The molecule has 22 heavy (non-hydrogen) atoms. The molecule has 0 spiro atoms. The van der Waals surface area contributed by atoms with E-state index in [1.165, 1.54) is 14.0 Å². The predicted octanol–water partition coefficient (Wildman–Crippen LogP) is -2.69. The Morgan fingerprint density at radius 3 is 1.73 bits per heavy atom. The van der Waals surface area contributed by atoms with Gasteiger partial charge in [-0.05, 0) is 13.8 Å². The minimum Gasteiger partial charge on any atom is -0.388 e. The van der Waals surface area contributed by atoms with Crippen LogP contribution in [0.5, 0.6) is 0 Å². The second-order valence-corrected chi connectivity index (χ2v) is 5.71. The van der Waals surface area contributed by atoms with Gasteiger partial charge in [-0.15, -0.1) is 0 Å². The van der Waals surface area contributed by atoms with Crippen molar-refractivity contribution >= 4 is 0 Å². The van der Waals surface area contributed by atoms with Gasteiger partial charge >= 0.3 is 0 Å². The van der Waals surface area contributed by atoms with Crippen molar-refractivity contribution in [3.63, 3.8) is 0 Å². The van der Waals surface area contributed by atoms with Gasteiger partial charge in [-0.2, -0.15) is 0 Å². The number of aliphatic hydroxyl groups excluding tert-OH is 5. The van der Waals surface area contributed by atoms with Gasteiger partial charge in [0.05, 0.1) is 12.2 Å². The Morgan fingerprint density at radius 1 is 0.682 bits per heavy atom. The Balaban J connectivity index is 2.10. The van der Waals surface area contributed by atoms with Crippen LogP contribution in [-0.4, -0.2) is 94.1 Å². The summed E-state index contributed by atoms with van der Waals surface area (Å²) in [5.41, 5.74) is 0. The highest BCUT2D eigenvalue weighted by Crippen LogP contribution is 2.29. The summed E-state index contributed by atoms with van der Waals surface area (Å²) < 4.78 is 21.2. The molecular formula is C13H24O9. The van der Waals surface area contributed by atoms with Crippen molar-refractivity contribution in [1.29, 1.82) is 0 Å². The van der Waals surface area contributed by atoms with Gasteiger partial charge in [0.2, 0.25) is 0 Å². The molecule has 2 aliphatic heterocycles. The molecule has 0 saturated carbocycles. The molecule has 130 valence electrons. The quantitative estimate of drug-likeness (QED) is 0.376. The van der Waals surface area contributed by atoms with Crippen molar-refractivity contribution in [2.45, 2.75) is 75.3 Å². The van der Waals surface area contributed by atoms with Gasteiger partial charge in [0, 0.05) is 7.11 Å². The van der Waals surface area contributed by atoms with Crippen LogP contribution in [0.25, 0.3) is 0 Å². The lowest BCUT2D eigenvalue weighted by atomic mass is 9.98. The highest BCUT2D eigenvalue weighted by atomic mass is 16.7. The van der Waals surface area contributed by atoms with Crippen LogP contribution < -0.4 is 0 Å². The highest BCUT2D eigenvalue weighted by Gasteiger charge is 2.49. The third-order valence-electron chi connectivity index (χ3n) is 4.12. The van der Waals surface area contributed by atoms with E-state index >= 15 is 0 Å². The van der Waals surface area contributed by atoms with Crippen molar-refractivity contribution < 1.29 is 44.5 Å². The maximum atomic E-state index is 10.1. The van der Waals surface area contributed by atoms with E-state index in [4.69, 9.17) is 18.9 Å². The lowest BCUT2D eigenvalue weighted by Gasteiger charge is -2.45. The fourth-order valence-electron chi connectivity index (χ4n) is 2.62. The Hall–Kier alpha value is -0.360. The van der Waals surface area contributed by atoms with E-state index < -0.39 is 61.4 Å². The summed E-state index contributed by atoms with van der Waals surface area (Å²) in [7, 11) is 1.34. The third-order valence-corrected chi connectivity index (χ3v) is 4.12. The summed E-state index contributed by atoms with van der Waals surface area (Å²) in [6.45, 7) is 3.08. The second kappa shape index (κ2) is 7.04. The zero-order valence-corrected chi connectivity index (χ0v) is 12.6. The van der Waals surface area contributed by atoms with Gasteiger partial charge in [-0.3, -0.25) is 0 Å². The highest BCUT2D eigenvalue weighted by molar-refractivity contribution is 4.92. The molecular weight excluding hydrogens is 300 g/mol. The smallest absolute Gasteiger partial charge is 0.187 e. The van der Waals surface area contributed by atoms with Crippen molar-refractivity contribution in [2.75, 3.05) is 7.11 Å². The number of aliphatic hydroxyl groups is 5. The summed E-state index contributed by atoms with van der Waals surface area (Å²) >= 11 is 0. The van der Waals surface area contributed by atoms with Crippen LogP contribution in [0.15, 0.2) is 0 Å². The first-order valence-electron chi connectivity index (χ1n) is 7.17. The molecule has 0 unspecified atom stereocenters. The number of methoxy groups -OCH3 is 1. The number of hydrogen-bond acceptors (Lipinski definition) is 9.